The van der Waals surface area contributed by atoms with Gasteiger partial charge in [0.25, 0.3) is 0 Å². The van der Waals surface area contributed by atoms with Gasteiger partial charge in [0.1, 0.15) is 36.5 Å². The molecule has 5 unspecified atom stereocenters. The standard InChI is InChI=1S/C25H23F3N6O6/c26-25(27,28)21-17-22(29)33(12-30-23(17)34(32-21)14-4-2-1-3-5-14)31-10-13-6-8-15(9-7-13)39-24-20(38)19(37)18(36)16(11-35)40-24/h1-10,12,16,18-20,24,29,35-38H,11H2/b29-22?,31-10-. The van der Waals surface area contributed by atoms with E-state index in [4.69, 9.17) is 14.9 Å². The lowest BCUT2D eigenvalue weighted by Crippen LogP contribution is -2.60. The lowest BCUT2D eigenvalue weighted by atomic mass is 9.99. The zero-order valence-electron chi connectivity index (χ0n) is 20.4. The topological polar surface area (TPSA) is 171 Å². The molecule has 0 amide bonds. The highest BCUT2D eigenvalue weighted by molar-refractivity contribution is 5.81. The van der Waals surface area contributed by atoms with E-state index >= 15 is 0 Å². The summed E-state index contributed by atoms with van der Waals surface area (Å²) in [5.74, 6) is 0.210. The van der Waals surface area contributed by atoms with Crippen molar-refractivity contribution in [3.05, 3.63) is 77.7 Å². The summed E-state index contributed by atoms with van der Waals surface area (Å²) in [4.78, 5) is 4.09. The van der Waals surface area contributed by atoms with Gasteiger partial charge in [-0.25, -0.2) is 14.3 Å². The lowest BCUT2D eigenvalue weighted by molar-refractivity contribution is -0.277. The average molecular weight is 560 g/mol. The van der Waals surface area contributed by atoms with Crippen molar-refractivity contribution in [3.8, 4) is 11.4 Å². The number of aliphatic hydroxyl groups is 4. The molecule has 5 atom stereocenters. The minimum absolute atomic E-state index is 0.148. The van der Waals surface area contributed by atoms with Gasteiger partial charge in [0.05, 0.1) is 23.9 Å². The quantitative estimate of drug-likeness (QED) is 0.215. The zero-order valence-corrected chi connectivity index (χ0v) is 20.4. The molecule has 1 aliphatic rings. The van der Waals surface area contributed by atoms with E-state index < -0.39 is 60.1 Å². The third-order valence-electron chi connectivity index (χ3n) is 6.20. The molecule has 5 rings (SSSR count). The third-order valence-corrected chi connectivity index (χ3v) is 6.20. The number of halogens is 3. The van der Waals surface area contributed by atoms with Crippen molar-refractivity contribution < 1.29 is 43.1 Å². The average Bonchev–Trinajstić information content (AvgIpc) is 3.35. The van der Waals surface area contributed by atoms with Crippen LogP contribution in [0.2, 0.25) is 0 Å². The SMILES string of the molecule is N=c1c2c(C(F)(F)F)nn(-c3ccccc3)c2ncn1/N=C\c1ccc(OC2OC(CO)C(O)C(O)C2O)cc1. The summed E-state index contributed by atoms with van der Waals surface area (Å²) >= 11 is 0. The molecule has 1 saturated heterocycles. The molecule has 12 nitrogen and oxygen atoms in total. The monoisotopic (exact) mass is 560 g/mol. The number of nitrogens with one attached hydrogen (secondary N) is 1. The second kappa shape index (κ2) is 10.8. The second-order valence-corrected chi connectivity index (χ2v) is 8.86. The van der Waals surface area contributed by atoms with E-state index in [0.29, 0.717) is 11.3 Å². The summed E-state index contributed by atoms with van der Waals surface area (Å²) in [5, 5.41) is 54.8. The van der Waals surface area contributed by atoms with E-state index in [2.05, 4.69) is 15.2 Å². The lowest BCUT2D eigenvalue weighted by Gasteiger charge is -2.39. The molecular formula is C25H23F3N6O6. The Bertz CT molecular complexity index is 1570. The molecular weight excluding hydrogens is 537 g/mol. The number of para-hydroxylation sites is 1. The number of benzene rings is 2. The Labute approximate surface area is 223 Å². The van der Waals surface area contributed by atoms with Crippen LogP contribution in [-0.4, -0.2) is 83.4 Å². The Kier molecular flexibility index (Phi) is 7.39. The number of aromatic nitrogens is 4. The first-order chi connectivity index (χ1) is 19.1. The van der Waals surface area contributed by atoms with Gasteiger partial charge < -0.3 is 29.9 Å². The maximum atomic E-state index is 13.8. The van der Waals surface area contributed by atoms with Gasteiger partial charge in [-0.3, -0.25) is 5.41 Å². The summed E-state index contributed by atoms with van der Waals surface area (Å²) in [6.45, 7) is -0.603. The Hall–Kier alpha value is -4.15. The van der Waals surface area contributed by atoms with Crippen LogP contribution in [0.3, 0.4) is 0 Å². The van der Waals surface area contributed by atoms with Gasteiger partial charge in [0, 0.05) is 0 Å². The molecule has 15 heteroatoms. The molecule has 4 aromatic rings. The summed E-state index contributed by atoms with van der Waals surface area (Å²) in [6, 6.07) is 14.2. The molecule has 40 heavy (non-hydrogen) atoms. The van der Waals surface area contributed by atoms with Crippen molar-refractivity contribution >= 4 is 17.2 Å². The van der Waals surface area contributed by atoms with E-state index in [1.165, 1.54) is 30.5 Å². The van der Waals surface area contributed by atoms with Crippen LogP contribution < -0.4 is 10.2 Å². The van der Waals surface area contributed by atoms with Gasteiger partial charge in [-0.1, -0.05) is 18.2 Å². The molecule has 210 valence electrons. The summed E-state index contributed by atoms with van der Waals surface area (Å²) in [5.41, 5.74) is -1.16. The molecule has 0 radical (unpaired) electrons. The normalized spacial score (nSPS) is 23.6. The van der Waals surface area contributed by atoms with Crippen molar-refractivity contribution in [1.29, 1.82) is 5.41 Å². The molecule has 0 aliphatic carbocycles. The first-order valence-corrected chi connectivity index (χ1v) is 11.9. The van der Waals surface area contributed by atoms with Gasteiger partial charge in [0.15, 0.2) is 16.8 Å². The predicted octanol–water partition coefficient (Wildman–Crippen LogP) is 0.781. The van der Waals surface area contributed by atoms with Gasteiger partial charge in [-0.15, -0.1) is 0 Å². The molecule has 0 spiro atoms. The van der Waals surface area contributed by atoms with E-state index in [1.54, 1.807) is 30.3 Å². The highest BCUT2D eigenvalue weighted by Gasteiger charge is 2.44. The molecule has 0 bridgehead atoms. The first-order valence-electron chi connectivity index (χ1n) is 11.9. The highest BCUT2D eigenvalue weighted by atomic mass is 19.4. The van der Waals surface area contributed by atoms with Crippen LogP contribution in [0.25, 0.3) is 16.7 Å². The van der Waals surface area contributed by atoms with Gasteiger partial charge in [-0.05, 0) is 42.0 Å². The number of aliphatic hydroxyl groups excluding tert-OH is 4. The minimum atomic E-state index is -4.84. The first kappa shape index (κ1) is 27.4. The maximum absolute atomic E-state index is 13.8. The largest absolute Gasteiger partial charge is 0.462 e. The number of hydrogen-bond donors (Lipinski definition) is 5. The fourth-order valence-electron chi connectivity index (χ4n) is 4.12. The van der Waals surface area contributed by atoms with Crippen LogP contribution in [0.15, 0.2) is 66.0 Å². The van der Waals surface area contributed by atoms with E-state index in [1.807, 2.05) is 0 Å². The zero-order chi connectivity index (χ0) is 28.6. The van der Waals surface area contributed by atoms with Crippen LogP contribution in [0.5, 0.6) is 5.75 Å². The van der Waals surface area contributed by atoms with Crippen LogP contribution in [-0.2, 0) is 10.9 Å². The van der Waals surface area contributed by atoms with Crippen molar-refractivity contribution in [2.45, 2.75) is 36.9 Å². The molecule has 2 aromatic carbocycles. The smallest absolute Gasteiger partial charge is 0.436 e. The highest BCUT2D eigenvalue weighted by Crippen LogP contribution is 2.33. The van der Waals surface area contributed by atoms with E-state index in [-0.39, 0.29) is 11.4 Å². The van der Waals surface area contributed by atoms with Gasteiger partial charge >= 0.3 is 6.18 Å². The Morgan fingerprint density at radius 3 is 2.38 bits per heavy atom. The van der Waals surface area contributed by atoms with Gasteiger partial charge in [0.2, 0.25) is 6.29 Å². The maximum Gasteiger partial charge on any atom is 0.436 e. The Morgan fingerprint density at radius 1 is 1.02 bits per heavy atom. The van der Waals surface area contributed by atoms with Crippen LogP contribution in [0.4, 0.5) is 13.2 Å². The van der Waals surface area contributed by atoms with Crippen LogP contribution >= 0.6 is 0 Å². The molecule has 2 aromatic heterocycles. The van der Waals surface area contributed by atoms with Gasteiger partial charge in [-0.2, -0.15) is 23.4 Å². The number of rotatable bonds is 6. The summed E-state index contributed by atoms with van der Waals surface area (Å²) < 4.78 is 54.2. The van der Waals surface area contributed by atoms with E-state index in [0.717, 1.165) is 15.7 Å². The molecule has 1 fully saturated rings. The number of fused-ring (bicyclic) bond motifs is 1. The number of hydrogen-bond acceptors (Lipinski definition) is 10. The van der Waals surface area contributed by atoms with Crippen molar-refractivity contribution in [1.82, 2.24) is 19.4 Å². The predicted molar refractivity (Wildman–Crippen MR) is 132 cm³/mol. The minimum Gasteiger partial charge on any atom is -0.462 e. The van der Waals surface area contributed by atoms with Crippen molar-refractivity contribution in [3.63, 3.8) is 0 Å². The van der Waals surface area contributed by atoms with Crippen LogP contribution in [0.1, 0.15) is 11.3 Å². The van der Waals surface area contributed by atoms with Crippen molar-refractivity contribution in [2.75, 3.05) is 6.61 Å². The number of ether oxygens (including phenoxy) is 2. The second-order valence-electron chi connectivity index (χ2n) is 8.86. The molecule has 3 heterocycles. The molecule has 0 saturated carbocycles. The number of alkyl halides is 3. The van der Waals surface area contributed by atoms with Crippen molar-refractivity contribution in [2.24, 2.45) is 5.10 Å². The Morgan fingerprint density at radius 2 is 1.73 bits per heavy atom. The fraction of sp³-hybridized carbons (Fsp3) is 0.280. The number of nitrogens with zero attached hydrogens (tertiary/aromatic N) is 5. The van der Waals surface area contributed by atoms with E-state index in [9.17, 15) is 33.6 Å². The van der Waals surface area contributed by atoms with Crippen LogP contribution in [0, 0.1) is 5.41 Å². The third kappa shape index (κ3) is 5.20. The molecule has 5 N–H and O–H groups in total. The molecule has 1 aliphatic heterocycles. The summed E-state index contributed by atoms with van der Waals surface area (Å²) in [7, 11) is 0. The Balaban J connectivity index is 1.39. The summed E-state index contributed by atoms with van der Waals surface area (Å²) in [6.07, 6.45) is -9.63. The fourth-order valence-corrected chi connectivity index (χ4v) is 4.12.